The second kappa shape index (κ2) is 9.73. The maximum Gasteiger partial charge on any atom is 0.237 e. The zero-order valence-electron chi connectivity index (χ0n) is 17.0. The molecule has 0 saturated heterocycles. The number of carbonyl (C=O) groups excluding carboxylic acids is 1. The predicted molar refractivity (Wildman–Crippen MR) is 127 cm³/mol. The van der Waals surface area contributed by atoms with E-state index in [4.69, 9.17) is 5.26 Å². The van der Waals surface area contributed by atoms with Crippen LogP contribution >= 0.6 is 23.1 Å². The number of carbonyl (C=O) groups is 1. The molecule has 0 aliphatic heterocycles. The highest BCUT2D eigenvalue weighted by Crippen LogP contribution is 2.38. The van der Waals surface area contributed by atoms with Gasteiger partial charge in [-0.3, -0.25) is 4.79 Å². The number of thioether (sulfide) groups is 1. The first kappa shape index (κ1) is 21.0. The van der Waals surface area contributed by atoms with Crippen molar-refractivity contribution in [2.75, 3.05) is 17.2 Å². The van der Waals surface area contributed by atoms with Crippen molar-refractivity contribution in [3.05, 3.63) is 71.9 Å². The summed E-state index contributed by atoms with van der Waals surface area (Å²) in [6.07, 6.45) is 1.83. The number of nitriles is 1. The highest BCUT2D eigenvalue weighted by Gasteiger charge is 2.18. The summed E-state index contributed by atoms with van der Waals surface area (Å²) in [7, 11) is 0. The maximum atomic E-state index is 13.0. The first-order chi connectivity index (χ1) is 15.2. The number of aromatic nitrogens is 2. The molecule has 154 valence electrons. The van der Waals surface area contributed by atoms with Gasteiger partial charge in [0.05, 0.1) is 23.6 Å². The Morgan fingerprint density at radius 2 is 1.90 bits per heavy atom. The third kappa shape index (κ3) is 4.76. The molecule has 2 heterocycles. The van der Waals surface area contributed by atoms with Gasteiger partial charge >= 0.3 is 0 Å². The van der Waals surface area contributed by atoms with E-state index in [1.165, 1.54) is 17.3 Å². The van der Waals surface area contributed by atoms with E-state index in [1.807, 2.05) is 30.3 Å². The standard InChI is InChI=1S/C24H20N4OS2/c1-17-8-10-18(11-9-17)20-14-30-23-22(20)24(27-16-26-23)31-15-21(29)28(13-5-12-25)19-6-3-2-4-7-19/h2-4,6-11,14,16H,5,13,15H2,1H3. The Labute approximate surface area is 189 Å². The SMILES string of the molecule is Cc1ccc(-c2csc3ncnc(SCC(=O)N(CCC#N)c4ccccc4)c23)cc1. The van der Waals surface area contributed by atoms with E-state index in [1.54, 1.807) is 22.6 Å². The van der Waals surface area contributed by atoms with Crippen LogP contribution in [-0.4, -0.2) is 28.2 Å². The van der Waals surface area contributed by atoms with Gasteiger partial charge in [-0.05, 0) is 24.6 Å². The summed E-state index contributed by atoms with van der Waals surface area (Å²) >= 11 is 2.99. The molecule has 2 aromatic heterocycles. The normalized spacial score (nSPS) is 10.7. The van der Waals surface area contributed by atoms with Crippen LogP contribution in [-0.2, 0) is 4.79 Å². The molecule has 0 N–H and O–H groups in total. The second-order valence-electron chi connectivity index (χ2n) is 6.95. The lowest BCUT2D eigenvalue weighted by Gasteiger charge is -2.21. The van der Waals surface area contributed by atoms with Crippen molar-refractivity contribution in [1.82, 2.24) is 9.97 Å². The van der Waals surface area contributed by atoms with Gasteiger partial charge in [0.1, 0.15) is 16.2 Å². The van der Waals surface area contributed by atoms with Gasteiger partial charge in [-0.15, -0.1) is 11.3 Å². The van der Waals surface area contributed by atoms with E-state index in [9.17, 15) is 4.79 Å². The Morgan fingerprint density at radius 1 is 1.13 bits per heavy atom. The Bertz CT molecular complexity index is 1230. The molecule has 7 heteroatoms. The molecule has 0 fully saturated rings. The summed E-state index contributed by atoms with van der Waals surface area (Å²) in [6, 6.07) is 20.0. The Balaban J connectivity index is 1.60. The van der Waals surface area contributed by atoms with Crippen LogP contribution < -0.4 is 4.90 Å². The Kier molecular flexibility index (Phi) is 6.60. The van der Waals surface area contributed by atoms with Crippen molar-refractivity contribution in [2.45, 2.75) is 18.4 Å². The number of aryl methyl sites for hydroxylation is 1. The minimum absolute atomic E-state index is 0.0506. The van der Waals surface area contributed by atoms with Crippen LogP contribution in [0, 0.1) is 18.3 Å². The summed E-state index contributed by atoms with van der Waals surface area (Å²) in [5, 5.41) is 12.9. The summed E-state index contributed by atoms with van der Waals surface area (Å²) in [4.78, 5) is 24.5. The summed E-state index contributed by atoms with van der Waals surface area (Å²) < 4.78 is 0. The number of fused-ring (bicyclic) bond motifs is 1. The van der Waals surface area contributed by atoms with E-state index in [2.05, 4.69) is 52.6 Å². The van der Waals surface area contributed by atoms with Crippen LogP contribution in [0.1, 0.15) is 12.0 Å². The van der Waals surface area contributed by atoms with Crippen LogP contribution in [0.15, 0.2) is 71.3 Å². The summed E-state index contributed by atoms with van der Waals surface area (Å²) in [5.41, 5.74) is 4.20. The smallest absolute Gasteiger partial charge is 0.237 e. The molecular weight excluding hydrogens is 424 g/mol. The fraction of sp³-hybridized carbons (Fsp3) is 0.167. The first-order valence-corrected chi connectivity index (χ1v) is 11.7. The van der Waals surface area contributed by atoms with Crippen LogP contribution in [0.4, 0.5) is 5.69 Å². The van der Waals surface area contributed by atoms with Crippen LogP contribution in [0.25, 0.3) is 21.3 Å². The Hall–Kier alpha value is -3.21. The number of rotatable bonds is 7. The third-order valence-electron chi connectivity index (χ3n) is 4.85. The van der Waals surface area contributed by atoms with Crippen LogP contribution in [0.2, 0.25) is 0 Å². The number of thiophene rings is 1. The molecule has 5 nitrogen and oxygen atoms in total. The average Bonchev–Trinajstić information content (AvgIpc) is 3.24. The van der Waals surface area contributed by atoms with Gasteiger partial charge in [-0.1, -0.05) is 59.8 Å². The maximum absolute atomic E-state index is 13.0. The molecule has 0 bridgehead atoms. The van der Waals surface area contributed by atoms with Crippen molar-refractivity contribution in [1.29, 1.82) is 5.26 Å². The molecule has 2 aromatic carbocycles. The molecule has 0 unspecified atom stereocenters. The molecule has 0 aliphatic carbocycles. The monoisotopic (exact) mass is 444 g/mol. The van der Waals surface area contributed by atoms with E-state index in [-0.39, 0.29) is 18.1 Å². The molecule has 0 saturated carbocycles. The van der Waals surface area contributed by atoms with Crippen molar-refractivity contribution >= 4 is 44.9 Å². The van der Waals surface area contributed by atoms with E-state index in [0.717, 1.165) is 32.1 Å². The number of hydrogen-bond acceptors (Lipinski definition) is 6. The van der Waals surface area contributed by atoms with Gasteiger partial charge in [0.15, 0.2) is 0 Å². The lowest BCUT2D eigenvalue weighted by atomic mass is 10.1. The third-order valence-corrected chi connectivity index (χ3v) is 6.71. The molecule has 4 rings (SSSR count). The number of nitrogens with zero attached hydrogens (tertiary/aromatic N) is 4. The molecular formula is C24H20N4OS2. The van der Waals surface area contributed by atoms with E-state index >= 15 is 0 Å². The van der Waals surface area contributed by atoms with Crippen molar-refractivity contribution in [3.8, 4) is 17.2 Å². The number of para-hydroxylation sites is 1. The van der Waals surface area contributed by atoms with Crippen molar-refractivity contribution in [2.24, 2.45) is 0 Å². The average molecular weight is 445 g/mol. The van der Waals surface area contributed by atoms with E-state index in [0.29, 0.717) is 6.54 Å². The molecule has 31 heavy (non-hydrogen) atoms. The minimum atomic E-state index is -0.0506. The molecule has 0 aliphatic rings. The van der Waals surface area contributed by atoms with Gasteiger partial charge in [0.2, 0.25) is 5.91 Å². The molecule has 0 spiro atoms. The molecule has 1 amide bonds. The lowest BCUT2D eigenvalue weighted by molar-refractivity contribution is -0.116. The van der Waals surface area contributed by atoms with Crippen LogP contribution in [0.5, 0.6) is 0 Å². The van der Waals surface area contributed by atoms with Gasteiger partial charge < -0.3 is 4.90 Å². The molecule has 0 atom stereocenters. The fourth-order valence-electron chi connectivity index (χ4n) is 3.28. The minimum Gasteiger partial charge on any atom is -0.311 e. The topological polar surface area (TPSA) is 69.9 Å². The van der Waals surface area contributed by atoms with Crippen LogP contribution in [0.3, 0.4) is 0 Å². The van der Waals surface area contributed by atoms with E-state index < -0.39 is 0 Å². The zero-order valence-corrected chi connectivity index (χ0v) is 18.6. The van der Waals surface area contributed by atoms with Crippen molar-refractivity contribution in [3.63, 3.8) is 0 Å². The number of hydrogen-bond donors (Lipinski definition) is 0. The van der Waals surface area contributed by atoms with Gasteiger partial charge in [-0.25, -0.2) is 9.97 Å². The van der Waals surface area contributed by atoms with Gasteiger partial charge in [0, 0.05) is 23.2 Å². The lowest BCUT2D eigenvalue weighted by Crippen LogP contribution is -2.33. The van der Waals surface area contributed by atoms with Gasteiger partial charge in [0.25, 0.3) is 0 Å². The molecule has 4 aromatic rings. The predicted octanol–water partition coefficient (Wildman–Crippen LogP) is 5.71. The quantitative estimate of drug-likeness (QED) is 0.270. The number of anilines is 1. The second-order valence-corrected chi connectivity index (χ2v) is 8.77. The molecule has 0 radical (unpaired) electrons. The summed E-state index contributed by atoms with van der Waals surface area (Å²) in [5.74, 6) is 0.181. The zero-order chi connectivity index (χ0) is 21.6. The largest absolute Gasteiger partial charge is 0.311 e. The number of benzene rings is 2. The van der Waals surface area contributed by atoms with Gasteiger partial charge in [-0.2, -0.15) is 5.26 Å². The summed E-state index contributed by atoms with van der Waals surface area (Å²) in [6.45, 7) is 2.43. The first-order valence-electron chi connectivity index (χ1n) is 9.82. The fourth-order valence-corrected chi connectivity index (χ4v) is 5.15. The number of amides is 1. The van der Waals surface area contributed by atoms with Crippen molar-refractivity contribution < 1.29 is 4.79 Å². The highest BCUT2D eigenvalue weighted by atomic mass is 32.2. The Morgan fingerprint density at radius 3 is 2.65 bits per heavy atom. The highest BCUT2D eigenvalue weighted by molar-refractivity contribution is 8.00.